The monoisotopic (exact) mass is 369 g/mol. The molecule has 3 aromatic carbocycles. The van der Waals surface area contributed by atoms with Crippen LogP contribution in [0.1, 0.15) is 11.1 Å². The van der Waals surface area contributed by atoms with Crippen LogP contribution >= 0.6 is 0 Å². The Morgan fingerprint density at radius 1 is 0.893 bits per heavy atom. The zero-order chi connectivity index (χ0) is 19.3. The van der Waals surface area contributed by atoms with Crippen LogP contribution in [0.5, 0.6) is 0 Å². The Bertz CT molecular complexity index is 1180. The first kappa shape index (κ1) is 17.7. The standard InChI is InChI=1S/C23H19N3O2/c27-22(15-26-16-24-21-13-7-5-11-19(21)23(26)28)25-20-12-6-4-10-18(20)14-17-8-2-1-3-9-17/h1-13,16H,14-15H2,(H,25,27). The van der Waals surface area contributed by atoms with Gasteiger partial charge in [-0.15, -0.1) is 0 Å². The first-order chi connectivity index (χ1) is 13.7. The van der Waals surface area contributed by atoms with Crippen molar-refractivity contribution in [1.82, 2.24) is 9.55 Å². The lowest BCUT2D eigenvalue weighted by atomic mass is 10.0. The van der Waals surface area contributed by atoms with Gasteiger partial charge in [0.25, 0.3) is 5.56 Å². The second kappa shape index (κ2) is 7.88. The molecule has 1 heterocycles. The fourth-order valence-corrected chi connectivity index (χ4v) is 3.18. The summed E-state index contributed by atoms with van der Waals surface area (Å²) in [5.74, 6) is -0.264. The highest BCUT2D eigenvalue weighted by Gasteiger charge is 2.10. The van der Waals surface area contributed by atoms with Gasteiger partial charge >= 0.3 is 0 Å². The number of nitrogens with one attached hydrogen (secondary N) is 1. The molecule has 0 atom stereocenters. The van der Waals surface area contributed by atoms with E-state index in [0.717, 1.165) is 17.7 Å². The average molecular weight is 369 g/mol. The van der Waals surface area contributed by atoms with E-state index >= 15 is 0 Å². The summed E-state index contributed by atoms with van der Waals surface area (Å²) in [6, 6.07) is 24.9. The van der Waals surface area contributed by atoms with Crippen LogP contribution in [-0.4, -0.2) is 15.5 Å². The van der Waals surface area contributed by atoms with Gasteiger partial charge in [0.2, 0.25) is 5.91 Å². The third kappa shape index (κ3) is 3.83. The minimum absolute atomic E-state index is 0.0870. The van der Waals surface area contributed by atoms with E-state index in [1.165, 1.54) is 16.5 Å². The molecule has 0 saturated heterocycles. The van der Waals surface area contributed by atoms with E-state index in [1.807, 2.05) is 48.5 Å². The fourth-order valence-electron chi connectivity index (χ4n) is 3.18. The van der Waals surface area contributed by atoms with Crippen LogP contribution in [0.2, 0.25) is 0 Å². The van der Waals surface area contributed by atoms with E-state index in [2.05, 4.69) is 22.4 Å². The molecule has 1 amide bonds. The molecule has 5 heteroatoms. The van der Waals surface area contributed by atoms with Crippen LogP contribution in [0, 0.1) is 0 Å². The van der Waals surface area contributed by atoms with Crippen LogP contribution in [0.4, 0.5) is 5.69 Å². The van der Waals surface area contributed by atoms with Gasteiger partial charge in [0.15, 0.2) is 0 Å². The predicted octanol–water partition coefficient (Wildman–Crippen LogP) is 3.63. The largest absolute Gasteiger partial charge is 0.324 e. The molecule has 4 rings (SSSR count). The van der Waals surface area contributed by atoms with E-state index in [0.29, 0.717) is 10.9 Å². The second-order valence-corrected chi connectivity index (χ2v) is 6.56. The Balaban J connectivity index is 1.53. The number of anilines is 1. The van der Waals surface area contributed by atoms with Crippen molar-refractivity contribution < 1.29 is 4.79 Å². The number of amides is 1. The van der Waals surface area contributed by atoms with Crippen molar-refractivity contribution in [1.29, 1.82) is 0 Å². The number of hydrogen-bond acceptors (Lipinski definition) is 3. The minimum Gasteiger partial charge on any atom is -0.324 e. The van der Waals surface area contributed by atoms with Crippen molar-refractivity contribution in [2.75, 3.05) is 5.32 Å². The highest BCUT2D eigenvalue weighted by molar-refractivity contribution is 5.91. The van der Waals surface area contributed by atoms with Crippen LogP contribution in [0.15, 0.2) is 90.0 Å². The fraction of sp³-hybridized carbons (Fsp3) is 0.0870. The summed E-state index contributed by atoms with van der Waals surface area (Å²) in [6.45, 7) is -0.0870. The quantitative estimate of drug-likeness (QED) is 0.584. The molecule has 1 aromatic heterocycles. The Hall–Kier alpha value is -3.73. The van der Waals surface area contributed by atoms with Crippen molar-refractivity contribution in [3.05, 3.63) is 107 Å². The van der Waals surface area contributed by atoms with Gasteiger partial charge in [0.1, 0.15) is 6.54 Å². The zero-order valence-electron chi connectivity index (χ0n) is 15.2. The van der Waals surface area contributed by atoms with Crippen LogP contribution in [0.3, 0.4) is 0 Å². The van der Waals surface area contributed by atoms with Crippen molar-refractivity contribution in [2.24, 2.45) is 0 Å². The number of rotatable bonds is 5. The maximum atomic E-state index is 12.6. The SMILES string of the molecule is O=C(Cn1cnc2ccccc2c1=O)Nc1ccccc1Cc1ccccc1. The van der Waals surface area contributed by atoms with E-state index in [1.54, 1.807) is 18.2 Å². The normalized spacial score (nSPS) is 10.7. The molecule has 0 spiro atoms. The zero-order valence-corrected chi connectivity index (χ0v) is 15.2. The summed E-state index contributed by atoms with van der Waals surface area (Å²) in [7, 11) is 0. The molecule has 4 aromatic rings. The predicted molar refractivity (Wildman–Crippen MR) is 110 cm³/mol. The maximum Gasteiger partial charge on any atom is 0.261 e. The van der Waals surface area contributed by atoms with Gasteiger partial charge in [-0.05, 0) is 35.7 Å². The smallest absolute Gasteiger partial charge is 0.261 e. The second-order valence-electron chi connectivity index (χ2n) is 6.56. The van der Waals surface area contributed by atoms with Gasteiger partial charge in [-0.2, -0.15) is 0 Å². The highest BCUT2D eigenvalue weighted by Crippen LogP contribution is 2.19. The van der Waals surface area contributed by atoms with Crippen LogP contribution in [0.25, 0.3) is 10.9 Å². The Kier molecular flexibility index (Phi) is 4.97. The topological polar surface area (TPSA) is 64.0 Å². The first-order valence-corrected chi connectivity index (χ1v) is 9.06. The first-order valence-electron chi connectivity index (χ1n) is 9.06. The molecule has 0 unspecified atom stereocenters. The van der Waals surface area contributed by atoms with Crippen molar-refractivity contribution in [3.63, 3.8) is 0 Å². The lowest BCUT2D eigenvalue weighted by Crippen LogP contribution is -2.28. The number of aromatic nitrogens is 2. The Morgan fingerprint density at radius 3 is 2.46 bits per heavy atom. The van der Waals surface area contributed by atoms with E-state index in [-0.39, 0.29) is 18.0 Å². The summed E-state index contributed by atoms with van der Waals surface area (Å²) >= 11 is 0. The molecule has 1 N–H and O–H groups in total. The molecule has 0 saturated carbocycles. The number of hydrogen-bond donors (Lipinski definition) is 1. The van der Waals surface area contributed by atoms with Crippen molar-refractivity contribution in [2.45, 2.75) is 13.0 Å². The van der Waals surface area contributed by atoms with Gasteiger partial charge in [-0.3, -0.25) is 14.2 Å². The number of nitrogens with zero attached hydrogens (tertiary/aromatic N) is 2. The lowest BCUT2D eigenvalue weighted by Gasteiger charge is -2.12. The van der Waals surface area contributed by atoms with Gasteiger partial charge in [-0.25, -0.2) is 4.98 Å². The Morgan fingerprint density at radius 2 is 1.61 bits per heavy atom. The molecule has 0 aliphatic heterocycles. The summed E-state index contributed by atoms with van der Waals surface area (Å²) in [5.41, 5.74) is 3.33. The highest BCUT2D eigenvalue weighted by atomic mass is 16.2. The van der Waals surface area contributed by atoms with Crippen molar-refractivity contribution >= 4 is 22.5 Å². The molecule has 0 bridgehead atoms. The molecule has 5 nitrogen and oxygen atoms in total. The molecular weight excluding hydrogens is 350 g/mol. The van der Waals surface area contributed by atoms with Gasteiger partial charge < -0.3 is 5.32 Å². The molecule has 0 aliphatic rings. The van der Waals surface area contributed by atoms with Gasteiger partial charge in [0, 0.05) is 5.69 Å². The summed E-state index contributed by atoms with van der Waals surface area (Å²) in [4.78, 5) is 29.4. The number of carbonyl (C=O) groups is 1. The molecule has 28 heavy (non-hydrogen) atoms. The summed E-state index contributed by atoms with van der Waals surface area (Å²) in [6.07, 6.45) is 2.13. The van der Waals surface area contributed by atoms with Crippen LogP contribution in [-0.2, 0) is 17.8 Å². The Labute approximate surface area is 162 Å². The molecule has 138 valence electrons. The van der Waals surface area contributed by atoms with E-state index in [9.17, 15) is 9.59 Å². The van der Waals surface area contributed by atoms with E-state index < -0.39 is 0 Å². The summed E-state index contributed by atoms with van der Waals surface area (Å²) in [5, 5.41) is 3.43. The molecule has 0 aliphatic carbocycles. The summed E-state index contributed by atoms with van der Waals surface area (Å²) < 4.78 is 1.33. The number of para-hydroxylation sites is 2. The number of fused-ring (bicyclic) bond motifs is 1. The van der Waals surface area contributed by atoms with Gasteiger partial charge in [-0.1, -0.05) is 60.7 Å². The third-order valence-electron chi connectivity index (χ3n) is 4.57. The minimum atomic E-state index is -0.264. The van der Waals surface area contributed by atoms with Gasteiger partial charge in [0.05, 0.1) is 17.2 Å². The third-order valence-corrected chi connectivity index (χ3v) is 4.57. The lowest BCUT2D eigenvalue weighted by molar-refractivity contribution is -0.116. The molecule has 0 fully saturated rings. The van der Waals surface area contributed by atoms with Crippen LogP contribution < -0.4 is 10.9 Å². The van der Waals surface area contributed by atoms with Crippen molar-refractivity contribution in [3.8, 4) is 0 Å². The van der Waals surface area contributed by atoms with E-state index in [4.69, 9.17) is 0 Å². The molecule has 0 radical (unpaired) electrons. The average Bonchev–Trinajstić information content (AvgIpc) is 2.72. The number of carbonyl (C=O) groups excluding carboxylic acids is 1. The number of benzene rings is 3. The molecular formula is C23H19N3O2. The maximum absolute atomic E-state index is 12.6.